The summed E-state index contributed by atoms with van der Waals surface area (Å²) in [7, 11) is 0. The van der Waals surface area contributed by atoms with Crippen LogP contribution in [0.5, 0.6) is 5.88 Å². The van der Waals surface area contributed by atoms with Crippen molar-refractivity contribution in [3.8, 4) is 5.88 Å². The number of halogens is 3. The van der Waals surface area contributed by atoms with Gasteiger partial charge in [-0.2, -0.15) is 13.2 Å². The Kier molecular flexibility index (Phi) is 4.89. The molecule has 1 N–H and O–H groups in total. The largest absolute Gasteiger partial charge is 0.477 e. The Hall–Kier alpha value is -1.86. The van der Waals surface area contributed by atoms with Gasteiger partial charge < -0.3 is 15.0 Å². The number of ether oxygens (including phenoxy) is 1. The number of hydrogen-bond acceptors (Lipinski definition) is 4. The Balaban J connectivity index is 1.49. The second-order valence-electron chi connectivity index (χ2n) is 8.51. The van der Waals surface area contributed by atoms with Crippen LogP contribution in [0.1, 0.15) is 59.5 Å². The fraction of sp³-hybridized carbons (Fsp3) is 0.737. The second-order valence-corrected chi connectivity index (χ2v) is 8.51. The summed E-state index contributed by atoms with van der Waals surface area (Å²) in [5.74, 6) is 1.18. The zero-order valence-corrected chi connectivity index (χ0v) is 16.4. The third-order valence-electron chi connectivity index (χ3n) is 5.82. The van der Waals surface area contributed by atoms with Gasteiger partial charge in [-0.1, -0.05) is 6.58 Å². The van der Waals surface area contributed by atoms with Gasteiger partial charge in [0, 0.05) is 23.8 Å². The molecule has 2 atom stereocenters. The minimum atomic E-state index is -4.14. The quantitative estimate of drug-likeness (QED) is 0.717. The molecule has 0 bridgehead atoms. The van der Waals surface area contributed by atoms with Crippen LogP contribution in [-0.4, -0.2) is 39.0 Å². The van der Waals surface area contributed by atoms with E-state index in [4.69, 9.17) is 4.74 Å². The smallest absolute Gasteiger partial charge is 0.394 e. The first-order valence-electron chi connectivity index (χ1n) is 9.45. The van der Waals surface area contributed by atoms with Crippen molar-refractivity contribution < 1.29 is 17.9 Å². The van der Waals surface area contributed by atoms with Gasteiger partial charge in [0.2, 0.25) is 5.88 Å². The van der Waals surface area contributed by atoms with E-state index in [0.29, 0.717) is 11.9 Å². The van der Waals surface area contributed by atoms with Gasteiger partial charge in [-0.05, 0) is 53.4 Å². The number of rotatable bonds is 8. The maximum absolute atomic E-state index is 12.9. The van der Waals surface area contributed by atoms with Crippen LogP contribution in [0.2, 0.25) is 0 Å². The van der Waals surface area contributed by atoms with E-state index in [-0.39, 0.29) is 37.6 Å². The lowest BCUT2D eigenvalue weighted by molar-refractivity contribution is -0.190. The topological polar surface area (TPSA) is 42.3 Å². The van der Waals surface area contributed by atoms with Crippen molar-refractivity contribution >= 4 is 0 Å². The molecule has 5 nitrogen and oxygen atoms in total. The molecule has 0 amide bonds. The summed E-state index contributed by atoms with van der Waals surface area (Å²) in [5.41, 5.74) is -1.46. The van der Waals surface area contributed by atoms with Crippen LogP contribution in [0.4, 0.5) is 13.2 Å². The lowest BCUT2D eigenvalue weighted by Gasteiger charge is -2.56. The van der Waals surface area contributed by atoms with Gasteiger partial charge in [-0.3, -0.25) is 0 Å². The third-order valence-corrected chi connectivity index (χ3v) is 5.82. The minimum absolute atomic E-state index is 0.0180. The number of hydrogen-bond donors (Lipinski definition) is 1. The zero-order chi connectivity index (χ0) is 20.0. The van der Waals surface area contributed by atoms with Crippen LogP contribution in [0, 0.1) is 5.41 Å². The van der Waals surface area contributed by atoms with Gasteiger partial charge in [0.05, 0.1) is 17.8 Å². The van der Waals surface area contributed by atoms with E-state index in [0.717, 1.165) is 12.2 Å². The average Bonchev–Trinajstić information content (AvgIpc) is 3.16. The molecule has 1 aromatic rings. The Morgan fingerprint density at radius 3 is 2.63 bits per heavy atom. The van der Waals surface area contributed by atoms with Crippen LogP contribution >= 0.6 is 0 Å². The van der Waals surface area contributed by atoms with Crippen molar-refractivity contribution in [1.29, 1.82) is 0 Å². The van der Waals surface area contributed by atoms with Gasteiger partial charge in [-0.25, -0.2) is 4.68 Å². The number of nitrogens with one attached hydrogen (secondary N) is 1. The molecule has 8 heteroatoms. The predicted molar refractivity (Wildman–Crippen MR) is 97.0 cm³/mol. The van der Waals surface area contributed by atoms with Crippen molar-refractivity contribution in [2.75, 3.05) is 6.61 Å². The van der Waals surface area contributed by atoms with E-state index in [9.17, 15) is 13.2 Å². The van der Waals surface area contributed by atoms with Gasteiger partial charge in [0.15, 0.2) is 0 Å². The molecule has 1 saturated heterocycles. The summed E-state index contributed by atoms with van der Waals surface area (Å²) in [5, 5.41) is 7.65. The van der Waals surface area contributed by atoms with E-state index in [1.807, 2.05) is 6.92 Å². The Morgan fingerprint density at radius 1 is 1.44 bits per heavy atom. The fourth-order valence-electron chi connectivity index (χ4n) is 4.20. The lowest BCUT2D eigenvalue weighted by atomic mass is 9.82. The third kappa shape index (κ3) is 3.89. The van der Waals surface area contributed by atoms with E-state index in [1.165, 1.54) is 0 Å². The molecular formula is C19H29F3N4O. The molecule has 0 radical (unpaired) electrons. The van der Waals surface area contributed by atoms with E-state index in [2.05, 4.69) is 42.7 Å². The van der Waals surface area contributed by atoms with Crippen molar-refractivity contribution in [3.63, 3.8) is 0 Å². The van der Waals surface area contributed by atoms with Gasteiger partial charge in [0.1, 0.15) is 6.17 Å². The summed E-state index contributed by atoms with van der Waals surface area (Å²) in [4.78, 5) is 2.25. The first-order chi connectivity index (χ1) is 12.5. The molecule has 1 aliphatic carbocycles. The molecule has 2 fully saturated rings. The number of aromatic nitrogens is 2. The average molecular weight is 386 g/mol. The first-order valence-corrected chi connectivity index (χ1v) is 9.45. The second kappa shape index (κ2) is 6.63. The zero-order valence-electron chi connectivity index (χ0n) is 16.4. The number of alkyl halides is 3. The Bertz CT molecular complexity index is 693. The maximum atomic E-state index is 12.9. The first kappa shape index (κ1) is 19.9. The van der Waals surface area contributed by atoms with E-state index < -0.39 is 11.6 Å². The molecule has 2 unspecified atom stereocenters. The van der Waals surface area contributed by atoms with Crippen molar-refractivity contribution in [2.45, 2.75) is 77.3 Å². The highest BCUT2D eigenvalue weighted by Gasteiger charge is 2.62. The van der Waals surface area contributed by atoms with Crippen molar-refractivity contribution in [1.82, 2.24) is 20.0 Å². The molecule has 1 aromatic heterocycles. The number of nitrogens with zero attached hydrogens (tertiary/aromatic N) is 3. The SMILES string of the molecule is C=C(NC(C)n1ccc(OCCC2(C(F)(F)F)CC2)n1)N1C(C)CC1(C)C. The van der Waals surface area contributed by atoms with Crippen molar-refractivity contribution in [2.24, 2.45) is 5.41 Å². The summed E-state index contributed by atoms with van der Waals surface area (Å²) in [6, 6.07) is 2.11. The predicted octanol–water partition coefficient (Wildman–Crippen LogP) is 4.45. The highest BCUT2D eigenvalue weighted by molar-refractivity contribution is 5.11. The molecule has 152 valence electrons. The molecule has 27 heavy (non-hydrogen) atoms. The summed E-state index contributed by atoms with van der Waals surface area (Å²) in [6.07, 6.45) is -1.05. The van der Waals surface area contributed by atoms with Crippen molar-refractivity contribution in [3.05, 3.63) is 24.7 Å². The molecule has 3 rings (SSSR count). The number of likely N-dealkylation sites (tertiary alicyclic amines) is 1. The van der Waals surface area contributed by atoms with Crippen LogP contribution in [-0.2, 0) is 0 Å². The Morgan fingerprint density at radius 2 is 2.11 bits per heavy atom. The standard InChI is InChI=1S/C19H29F3N4O/c1-13-12-17(4,5)26(13)15(3)23-14(2)25-10-6-16(24-25)27-11-9-18(7-8-18)19(20,21)22/h6,10,13-14,23H,3,7-9,11-12H2,1-2,4-5H3. The van der Waals surface area contributed by atoms with E-state index >= 15 is 0 Å². The highest BCUT2D eigenvalue weighted by Crippen LogP contribution is 2.59. The maximum Gasteiger partial charge on any atom is 0.394 e. The normalized spacial score (nSPS) is 24.1. The Labute approximate surface area is 158 Å². The molecule has 2 aliphatic rings. The highest BCUT2D eigenvalue weighted by atomic mass is 19.4. The molecule has 2 heterocycles. The molecular weight excluding hydrogens is 357 g/mol. The van der Waals surface area contributed by atoms with Crippen LogP contribution < -0.4 is 10.1 Å². The van der Waals surface area contributed by atoms with Crippen LogP contribution in [0.25, 0.3) is 0 Å². The summed E-state index contributed by atoms with van der Waals surface area (Å²) in [6.45, 7) is 12.6. The summed E-state index contributed by atoms with van der Waals surface area (Å²) < 4.78 is 46.0. The summed E-state index contributed by atoms with van der Waals surface area (Å²) >= 11 is 0. The molecule has 1 saturated carbocycles. The van der Waals surface area contributed by atoms with Crippen LogP contribution in [0.3, 0.4) is 0 Å². The molecule has 0 aromatic carbocycles. The lowest BCUT2D eigenvalue weighted by Crippen LogP contribution is -2.62. The van der Waals surface area contributed by atoms with Gasteiger partial charge in [0.25, 0.3) is 0 Å². The van der Waals surface area contributed by atoms with Gasteiger partial charge in [-0.15, -0.1) is 5.10 Å². The molecule has 0 spiro atoms. The van der Waals surface area contributed by atoms with Gasteiger partial charge >= 0.3 is 6.18 Å². The van der Waals surface area contributed by atoms with E-state index in [1.54, 1.807) is 16.9 Å². The molecule has 1 aliphatic heterocycles. The fourth-order valence-corrected chi connectivity index (χ4v) is 4.20. The minimum Gasteiger partial charge on any atom is -0.477 e. The van der Waals surface area contributed by atoms with Crippen LogP contribution in [0.15, 0.2) is 24.7 Å². The monoisotopic (exact) mass is 386 g/mol.